The molecule has 0 aliphatic heterocycles. The first-order valence-corrected chi connectivity index (χ1v) is 6.75. The number of nitrogens with one attached hydrogen (secondary N) is 2. The number of benzene rings is 1. The van der Waals surface area contributed by atoms with Crippen LogP contribution in [0.15, 0.2) is 36.7 Å². The minimum absolute atomic E-state index is 0.0226. The third-order valence-electron chi connectivity index (χ3n) is 3.17. The van der Waals surface area contributed by atoms with E-state index in [1.807, 2.05) is 49.1 Å². The zero-order valence-electron chi connectivity index (χ0n) is 11.9. The van der Waals surface area contributed by atoms with Gasteiger partial charge >= 0.3 is 0 Å². The van der Waals surface area contributed by atoms with Gasteiger partial charge in [-0.25, -0.2) is 0 Å². The van der Waals surface area contributed by atoms with Crippen LogP contribution in [0.2, 0.25) is 0 Å². The number of hydrogen-bond acceptors (Lipinski definition) is 3. The molecule has 1 aromatic heterocycles. The summed E-state index contributed by atoms with van der Waals surface area (Å²) in [5.74, 6) is -0.0226. The molecule has 5 nitrogen and oxygen atoms in total. The Kier molecular flexibility index (Phi) is 4.76. The van der Waals surface area contributed by atoms with Crippen LogP contribution in [-0.4, -0.2) is 29.3 Å². The quantitative estimate of drug-likeness (QED) is 0.791. The summed E-state index contributed by atoms with van der Waals surface area (Å²) in [6.07, 6.45) is 4.54. The van der Waals surface area contributed by atoms with Crippen molar-refractivity contribution in [3.8, 4) is 0 Å². The van der Waals surface area contributed by atoms with Gasteiger partial charge in [-0.05, 0) is 43.2 Å². The number of carbonyl (C=O) groups is 1. The van der Waals surface area contributed by atoms with Gasteiger partial charge in [-0.3, -0.25) is 9.48 Å². The lowest BCUT2D eigenvalue weighted by molar-refractivity contribution is 0.0952. The van der Waals surface area contributed by atoms with Crippen LogP contribution in [0.25, 0.3) is 0 Å². The Morgan fingerprint density at radius 2 is 2.25 bits per heavy atom. The van der Waals surface area contributed by atoms with Gasteiger partial charge in [0.05, 0.1) is 0 Å². The van der Waals surface area contributed by atoms with Crippen molar-refractivity contribution in [2.45, 2.75) is 19.9 Å². The van der Waals surface area contributed by atoms with E-state index in [0.717, 1.165) is 29.8 Å². The molecule has 1 amide bonds. The molecular weight excluding hydrogens is 252 g/mol. The number of aryl methyl sites for hydroxylation is 2. The van der Waals surface area contributed by atoms with Crippen LogP contribution in [0.5, 0.6) is 0 Å². The summed E-state index contributed by atoms with van der Waals surface area (Å²) in [5, 5.41) is 10.1. The van der Waals surface area contributed by atoms with E-state index in [2.05, 4.69) is 15.7 Å². The van der Waals surface area contributed by atoms with Crippen LogP contribution >= 0.6 is 0 Å². The molecule has 0 aliphatic carbocycles. The standard InChI is InChI=1S/C15H20N4O/c1-12-11-13(16-2)5-6-14(12)15(20)17-7-3-9-19-10-4-8-18-19/h4-6,8,10-11,16H,3,7,9H2,1-2H3,(H,17,20). The minimum atomic E-state index is -0.0226. The highest BCUT2D eigenvalue weighted by Gasteiger charge is 2.08. The van der Waals surface area contributed by atoms with Crippen molar-refractivity contribution in [3.63, 3.8) is 0 Å². The van der Waals surface area contributed by atoms with Crippen molar-refractivity contribution < 1.29 is 4.79 Å². The van der Waals surface area contributed by atoms with Gasteiger partial charge in [-0.15, -0.1) is 0 Å². The van der Waals surface area contributed by atoms with Gasteiger partial charge in [0.1, 0.15) is 0 Å². The lowest BCUT2D eigenvalue weighted by atomic mass is 10.1. The minimum Gasteiger partial charge on any atom is -0.388 e. The summed E-state index contributed by atoms with van der Waals surface area (Å²) < 4.78 is 1.86. The van der Waals surface area contributed by atoms with Crippen molar-refractivity contribution in [2.24, 2.45) is 0 Å². The normalized spacial score (nSPS) is 10.3. The molecule has 0 unspecified atom stereocenters. The number of amides is 1. The van der Waals surface area contributed by atoms with Crippen LogP contribution < -0.4 is 10.6 Å². The Hall–Kier alpha value is -2.30. The Morgan fingerprint density at radius 1 is 1.40 bits per heavy atom. The van der Waals surface area contributed by atoms with Crippen LogP contribution in [0.3, 0.4) is 0 Å². The molecule has 0 radical (unpaired) electrons. The van der Waals surface area contributed by atoms with E-state index in [-0.39, 0.29) is 5.91 Å². The fourth-order valence-electron chi connectivity index (χ4n) is 2.04. The van der Waals surface area contributed by atoms with Gasteiger partial charge in [0.25, 0.3) is 5.91 Å². The SMILES string of the molecule is CNc1ccc(C(=O)NCCCn2cccn2)c(C)c1. The Bertz CT molecular complexity index is 563. The molecule has 1 heterocycles. The lowest BCUT2D eigenvalue weighted by Gasteiger charge is -2.09. The molecule has 0 atom stereocenters. The molecule has 0 bridgehead atoms. The summed E-state index contributed by atoms with van der Waals surface area (Å²) in [6, 6.07) is 7.62. The average Bonchev–Trinajstić information content (AvgIpc) is 2.96. The molecule has 0 aliphatic rings. The predicted octanol–water partition coefficient (Wildman–Crippen LogP) is 2.05. The largest absolute Gasteiger partial charge is 0.388 e. The first-order valence-electron chi connectivity index (χ1n) is 6.75. The Balaban J connectivity index is 1.82. The molecule has 2 aromatic rings. The fourth-order valence-corrected chi connectivity index (χ4v) is 2.04. The topological polar surface area (TPSA) is 59.0 Å². The first kappa shape index (κ1) is 14.1. The zero-order chi connectivity index (χ0) is 14.4. The van der Waals surface area contributed by atoms with E-state index in [4.69, 9.17) is 0 Å². The molecule has 2 N–H and O–H groups in total. The molecular formula is C15H20N4O. The van der Waals surface area contributed by atoms with E-state index >= 15 is 0 Å². The Morgan fingerprint density at radius 3 is 2.90 bits per heavy atom. The van der Waals surface area contributed by atoms with Crippen molar-refractivity contribution in [3.05, 3.63) is 47.8 Å². The summed E-state index contributed by atoms with van der Waals surface area (Å²) in [7, 11) is 1.86. The average molecular weight is 272 g/mol. The van der Waals surface area contributed by atoms with Crippen molar-refractivity contribution in [1.82, 2.24) is 15.1 Å². The van der Waals surface area contributed by atoms with E-state index in [9.17, 15) is 4.79 Å². The number of hydrogen-bond donors (Lipinski definition) is 2. The van der Waals surface area contributed by atoms with Gasteiger partial charge in [0.15, 0.2) is 0 Å². The number of anilines is 1. The van der Waals surface area contributed by atoms with Crippen LogP contribution in [-0.2, 0) is 6.54 Å². The van der Waals surface area contributed by atoms with Crippen LogP contribution in [0, 0.1) is 6.92 Å². The van der Waals surface area contributed by atoms with Crippen LogP contribution in [0.4, 0.5) is 5.69 Å². The maximum atomic E-state index is 12.1. The van der Waals surface area contributed by atoms with E-state index < -0.39 is 0 Å². The fraction of sp³-hybridized carbons (Fsp3) is 0.333. The zero-order valence-corrected chi connectivity index (χ0v) is 11.9. The summed E-state index contributed by atoms with van der Waals surface area (Å²) in [5.41, 5.74) is 2.71. The highest BCUT2D eigenvalue weighted by Crippen LogP contribution is 2.14. The first-order chi connectivity index (χ1) is 9.70. The van der Waals surface area contributed by atoms with Crippen LogP contribution in [0.1, 0.15) is 22.3 Å². The Labute approximate surface area is 119 Å². The van der Waals surface area contributed by atoms with Crippen molar-refractivity contribution >= 4 is 11.6 Å². The second kappa shape index (κ2) is 6.75. The third kappa shape index (κ3) is 3.60. The monoisotopic (exact) mass is 272 g/mol. The molecule has 2 rings (SSSR count). The molecule has 0 fully saturated rings. The summed E-state index contributed by atoms with van der Waals surface area (Å²) in [4.78, 5) is 12.1. The molecule has 1 aromatic carbocycles. The smallest absolute Gasteiger partial charge is 0.251 e. The number of rotatable bonds is 6. The van der Waals surface area contributed by atoms with Crippen molar-refractivity contribution in [2.75, 3.05) is 18.9 Å². The second-order valence-corrected chi connectivity index (χ2v) is 4.66. The lowest BCUT2D eigenvalue weighted by Crippen LogP contribution is -2.26. The maximum absolute atomic E-state index is 12.1. The molecule has 0 saturated carbocycles. The molecule has 0 spiro atoms. The van der Waals surface area contributed by atoms with Gasteiger partial charge in [-0.1, -0.05) is 0 Å². The molecule has 20 heavy (non-hydrogen) atoms. The van der Waals surface area contributed by atoms with E-state index in [0.29, 0.717) is 6.54 Å². The number of aromatic nitrogens is 2. The molecule has 5 heteroatoms. The maximum Gasteiger partial charge on any atom is 0.251 e. The van der Waals surface area contributed by atoms with Crippen molar-refractivity contribution in [1.29, 1.82) is 0 Å². The molecule has 0 saturated heterocycles. The second-order valence-electron chi connectivity index (χ2n) is 4.66. The summed E-state index contributed by atoms with van der Waals surface area (Å²) >= 11 is 0. The van der Waals surface area contributed by atoms with Gasteiger partial charge in [0, 0.05) is 43.8 Å². The third-order valence-corrected chi connectivity index (χ3v) is 3.17. The highest BCUT2D eigenvalue weighted by molar-refractivity contribution is 5.96. The van der Waals surface area contributed by atoms with Gasteiger partial charge < -0.3 is 10.6 Å². The highest BCUT2D eigenvalue weighted by atomic mass is 16.1. The van der Waals surface area contributed by atoms with Gasteiger partial charge in [0.2, 0.25) is 0 Å². The predicted molar refractivity (Wildman–Crippen MR) is 79.9 cm³/mol. The number of carbonyl (C=O) groups excluding carboxylic acids is 1. The van der Waals surface area contributed by atoms with Gasteiger partial charge in [-0.2, -0.15) is 5.10 Å². The van der Waals surface area contributed by atoms with E-state index in [1.165, 1.54) is 0 Å². The molecule has 106 valence electrons. The summed E-state index contributed by atoms with van der Waals surface area (Å²) in [6.45, 7) is 3.40. The number of nitrogens with zero attached hydrogens (tertiary/aromatic N) is 2. The van der Waals surface area contributed by atoms with E-state index in [1.54, 1.807) is 6.20 Å².